The summed E-state index contributed by atoms with van der Waals surface area (Å²) in [4.78, 5) is 5.06. The summed E-state index contributed by atoms with van der Waals surface area (Å²) in [5.41, 5.74) is -1.36. The summed E-state index contributed by atoms with van der Waals surface area (Å²) in [5, 5.41) is 9.79. The number of hydrogen-bond donors (Lipinski definition) is 2. The van der Waals surface area contributed by atoms with Gasteiger partial charge in [0.1, 0.15) is 11.6 Å². The molecule has 1 aliphatic rings. The van der Waals surface area contributed by atoms with Gasteiger partial charge in [0.25, 0.3) is 0 Å². The SMILES string of the molecule is Cc1cc(Nc2ccc(F)c(CC3CCN(C(F)(F)c4ccccc4C(F)(F)F)CC3)n2)n[nH]1. The Bertz CT molecular complexity index is 1130. The first kappa shape index (κ1) is 24.1. The summed E-state index contributed by atoms with van der Waals surface area (Å²) in [7, 11) is 0. The van der Waals surface area contributed by atoms with E-state index >= 15 is 8.78 Å². The molecule has 34 heavy (non-hydrogen) atoms. The summed E-state index contributed by atoms with van der Waals surface area (Å²) in [6.45, 7) is 1.60. The van der Waals surface area contributed by atoms with E-state index < -0.39 is 29.2 Å². The maximum absolute atomic E-state index is 15.0. The smallest absolute Gasteiger partial charge is 0.323 e. The van der Waals surface area contributed by atoms with E-state index in [0.29, 0.717) is 17.7 Å². The number of pyridine rings is 1. The Hall–Kier alpha value is -3.08. The fourth-order valence-corrected chi connectivity index (χ4v) is 4.16. The summed E-state index contributed by atoms with van der Waals surface area (Å²) in [5.74, 6) is 0.290. The monoisotopic (exact) mass is 483 g/mol. The molecular weight excluding hydrogens is 460 g/mol. The van der Waals surface area contributed by atoms with Gasteiger partial charge >= 0.3 is 12.2 Å². The second kappa shape index (κ2) is 9.28. The van der Waals surface area contributed by atoms with Gasteiger partial charge in [0.2, 0.25) is 0 Å². The molecule has 0 atom stereocenters. The van der Waals surface area contributed by atoms with Gasteiger partial charge in [-0.2, -0.15) is 27.1 Å². The maximum atomic E-state index is 15.0. The number of nitrogens with zero attached hydrogens (tertiary/aromatic N) is 3. The lowest BCUT2D eigenvalue weighted by atomic mass is 9.91. The normalized spacial score (nSPS) is 16.1. The third-order valence-corrected chi connectivity index (χ3v) is 5.93. The highest BCUT2D eigenvalue weighted by Gasteiger charge is 2.47. The summed E-state index contributed by atoms with van der Waals surface area (Å²) in [6, 6.07) is 4.48. The van der Waals surface area contributed by atoms with Crippen LogP contribution in [0.25, 0.3) is 0 Å². The molecule has 0 spiro atoms. The van der Waals surface area contributed by atoms with E-state index in [9.17, 15) is 17.6 Å². The van der Waals surface area contributed by atoms with E-state index in [2.05, 4.69) is 20.5 Å². The largest absolute Gasteiger partial charge is 0.416 e. The van der Waals surface area contributed by atoms with Crippen LogP contribution < -0.4 is 5.32 Å². The van der Waals surface area contributed by atoms with Crippen LogP contribution in [-0.2, 0) is 18.6 Å². The molecule has 1 aliphatic heterocycles. The highest BCUT2D eigenvalue weighted by atomic mass is 19.4. The van der Waals surface area contributed by atoms with E-state index in [1.165, 1.54) is 18.2 Å². The molecule has 5 nitrogen and oxygen atoms in total. The van der Waals surface area contributed by atoms with E-state index in [1.807, 2.05) is 6.92 Å². The molecule has 1 aromatic carbocycles. The van der Waals surface area contributed by atoms with Crippen LogP contribution in [0.5, 0.6) is 0 Å². The lowest BCUT2D eigenvalue weighted by Crippen LogP contribution is -2.45. The van der Waals surface area contributed by atoms with Crippen LogP contribution >= 0.6 is 0 Å². The molecule has 1 fully saturated rings. The van der Waals surface area contributed by atoms with Crippen molar-refractivity contribution >= 4 is 11.6 Å². The second-order valence-corrected chi connectivity index (χ2v) is 8.41. The van der Waals surface area contributed by atoms with Crippen molar-refractivity contribution in [3.8, 4) is 0 Å². The number of H-pyrrole nitrogens is 1. The van der Waals surface area contributed by atoms with Gasteiger partial charge in [0.15, 0.2) is 5.82 Å². The number of likely N-dealkylation sites (tertiary alicyclic amines) is 1. The Morgan fingerprint density at radius 1 is 1.00 bits per heavy atom. The summed E-state index contributed by atoms with van der Waals surface area (Å²) in [6.07, 6.45) is -4.09. The van der Waals surface area contributed by atoms with Crippen LogP contribution in [0.2, 0.25) is 0 Å². The molecule has 2 N–H and O–H groups in total. The Kier molecular flexibility index (Phi) is 6.57. The Labute approximate surface area is 192 Å². The summed E-state index contributed by atoms with van der Waals surface area (Å²) >= 11 is 0. The zero-order valence-electron chi connectivity index (χ0n) is 18.3. The molecule has 0 saturated carbocycles. The summed E-state index contributed by atoms with van der Waals surface area (Å²) < 4.78 is 84.2. The Balaban J connectivity index is 1.42. The molecule has 3 heterocycles. The number of aryl methyl sites for hydroxylation is 1. The van der Waals surface area contributed by atoms with Gasteiger partial charge in [-0.25, -0.2) is 14.3 Å². The molecule has 4 rings (SSSR count). The van der Waals surface area contributed by atoms with Crippen molar-refractivity contribution in [3.05, 3.63) is 70.8 Å². The van der Waals surface area contributed by atoms with Crippen molar-refractivity contribution in [1.82, 2.24) is 20.1 Å². The van der Waals surface area contributed by atoms with E-state index in [-0.39, 0.29) is 44.0 Å². The van der Waals surface area contributed by atoms with Gasteiger partial charge in [0.05, 0.1) is 11.3 Å². The molecule has 3 aromatic rings. The van der Waals surface area contributed by atoms with Crippen LogP contribution in [0, 0.1) is 18.7 Å². The molecule has 0 bridgehead atoms. The van der Waals surface area contributed by atoms with Crippen LogP contribution in [0.3, 0.4) is 0 Å². The van der Waals surface area contributed by atoms with E-state index in [0.717, 1.165) is 22.7 Å². The first-order chi connectivity index (χ1) is 16.0. The average Bonchev–Trinajstić information content (AvgIpc) is 3.20. The van der Waals surface area contributed by atoms with Crippen LogP contribution in [0.1, 0.15) is 35.4 Å². The van der Waals surface area contributed by atoms with Crippen molar-refractivity contribution in [1.29, 1.82) is 0 Å². The van der Waals surface area contributed by atoms with Crippen molar-refractivity contribution in [2.45, 2.75) is 38.4 Å². The average molecular weight is 483 g/mol. The van der Waals surface area contributed by atoms with Gasteiger partial charge in [-0.15, -0.1) is 0 Å². The predicted octanol–water partition coefficient (Wildman–Crippen LogP) is 6.02. The van der Waals surface area contributed by atoms with Gasteiger partial charge in [0, 0.05) is 30.4 Å². The number of benzene rings is 1. The molecule has 0 unspecified atom stereocenters. The molecule has 0 amide bonds. The zero-order valence-corrected chi connectivity index (χ0v) is 18.3. The van der Waals surface area contributed by atoms with E-state index in [1.54, 1.807) is 6.07 Å². The van der Waals surface area contributed by atoms with Gasteiger partial charge in [-0.3, -0.25) is 5.10 Å². The van der Waals surface area contributed by atoms with Crippen LogP contribution in [0.15, 0.2) is 42.5 Å². The first-order valence-electron chi connectivity index (χ1n) is 10.8. The van der Waals surface area contributed by atoms with Gasteiger partial charge in [-0.1, -0.05) is 18.2 Å². The van der Waals surface area contributed by atoms with Crippen molar-refractivity contribution in [3.63, 3.8) is 0 Å². The van der Waals surface area contributed by atoms with Crippen LogP contribution in [-0.4, -0.2) is 33.2 Å². The molecule has 182 valence electrons. The predicted molar refractivity (Wildman–Crippen MR) is 114 cm³/mol. The fourth-order valence-electron chi connectivity index (χ4n) is 4.16. The van der Waals surface area contributed by atoms with Crippen molar-refractivity contribution in [2.75, 3.05) is 18.4 Å². The standard InChI is InChI=1S/C23H23F6N5/c1-14-12-21(33-32-14)31-20-7-6-18(24)19(30-20)13-15-8-10-34(11-9-15)23(28,29)17-5-3-2-4-16(17)22(25,26)27/h2-7,12,15H,8-11,13H2,1H3,(H2,30,31,32,33). The Morgan fingerprint density at radius 3 is 2.29 bits per heavy atom. The number of anilines is 2. The Morgan fingerprint density at radius 2 is 1.68 bits per heavy atom. The van der Waals surface area contributed by atoms with Crippen LogP contribution in [0.4, 0.5) is 38.0 Å². The molecular formula is C23H23F6N5. The molecule has 0 radical (unpaired) electrons. The maximum Gasteiger partial charge on any atom is 0.416 e. The quantitative estimate of drug-likeness (QED) is 0.333. The van der Waals surface area contributed by atoms with Gasteiger partial charge in [-0.05, 0) is 50.3 Å². The minimum Gasteiger partial charge on any atom is -0.323 e. The number of rotatable bonds is 6. The molecule has 11 heteroatoms. The topological polar surface area (TPSA) is 56.8 Å². The lowest BCUT2D eigenvalue weighted by Gasteiger charge is -2.38. The first-order valence-corrected chi connectivity index (χ1v) is 10.8. The lowest BCUT2D eigenvalue weighted by molar-refractivity contribution is -0.177. The number of piperidine rings is 1. The molecule has 0 aliphatic carbocycles. The second-order valence-electron chi connectivity index (χ2n) is 8.41. The minimum atomic E-state index is -4.88. The number of hydrogen-bond acceptors (Lipinski definition) is 4. The number of aromatic nitrogens is 3. The van der Waals surface area contributed by atoms with Gasteiger partial charge < -0.3 is 5.32 Å². The highest BCUT2D eigenvalue weighted by molar-refractivity contribution is 5.51. The highest BCUT2D eigenvalue weighted by Crippen LogP contribution is 2.42. The van der Waals surface area contributed by atoms with E-state index in [4.69, 9.17) is 0 Å². The molecule has 1 saturated heterocycles. The number of alkyl halides is 5. The third kappa shape index (κ3) is 5.19. The minimum absolute atomic E-state index is 0.115. The van der Waals surface area contributed by atoms with Crippen molar-refractivity contribution < 1.29 is 26.3 Å². The fraction of sp³-hybridized carbons (Fsp3) is 0.391. The zero-order chi connectivity index (χ0) is 24.5. The number of nitrogens with one attached hydrogen (secondary N) is 2. The van der Waals surface area contributed by atoms with Crippen molar-refractivity contribution in [2.24, 2.45) is 5.92 Å². The number of aromatic amines is 1. The number of halogens is 6. The molecule has 2 aromatic heterocycles. The third-order valence-electron chi connectivity index (χ3n) is 5.93.